The number of nitrogens with zero attached hydrogens (tertiary/aromatic N) is 1. The normalized spacial score (nSPS) is 17.8. The van der Waals surface area contributed by atoms with Crippen molar-refractivity contribution in [3.05, 3.63) is 60.2 Å². The molecule has 0 bridgehead atoms. The number of hydrogen-bond donors (Lipinski definition) is 0. The van der Waals surface area contributed by atoms with Gasteiger partial charge in [0.15, 0.2) is 15.6 Å². The number of morpholine rings is 1. The van der Waals surface area contributed by atoms with E-state index in [-0.39, 0.29) is 17.2 Å². The van der Waals surface area contributed by atoms with E-state index in [1.165, 1.54) is 0 Å². The van der Waals surface area contributed by atoms with Gasteiger partial charge in [-0.15, -0.1) is 11.8 Å². The molecule has 0 aromatic heterocycles. The lowest BCUT2D eigenvalue weighted by atomic mass is 9.97. The number of benzene rings is 2. The van der Waals surface area contributed by atoms with Crippen molar-refractivity contribution in [3.63, 3.8) is 0 Å². The smallest absolute Gasteiger partial charge is 0.192 e. The van der Waals surface area contributed by atoms with Gasteiger partial charge in [-0.25, -0.2) is 8.42 Å². The number of rotatable bonds is 7. The van der Waals surface area contributed by atoms with Crippen LogP contribution in [0, 0.1) is 0 Å². The summed E-state index contributed by atoms with van der Waals surface area (Å²) >= 11 is 1.58. The van der Waals surface area contributed by atoms with Crippen LogP contribution in [0.5, 0.6) is 0 Å². The molecule has 150 valence electrons. The Labute approximate surface area is 171 Å². The zero-order valence-corrected chi connectivity index (χ0v) is 17.8. The SMILES string of the molecule is CSc1ccc(C(=O)C(C)(CN2CCOCC2)S(=O)(=O)c2ccccc2)cc1. The number of hydrogen-bond acceptors (Lipinski definition) is 6. The van der Waals surface area contributed by atoms with Gasteiger partial charge in [-0.1, -0.05) is 30.3 Å². The minimum atomic E-state index is -3.90. The second-order valence-corrected chi connectivity index (χ2v) is 10.3. The molecule has 0 N–H and O–H groups in total. The minimum absolute atomic E-state index is 0.136. The van der Waals surface area contributed by atoms with Crippen LogP contribution in [0.25, 0.3) is 0 Å². The van der Waals surface area contributed by atoms with Gasteiger partial charge in [-0.3, -0.25) is 9.69 Å². The lowest BCUT2D eigenvalue weighted by molar-refractivity contribution is 0.0331. The third-order valence-corrected chi connectivity index (χ3v) is 8.25. The van der Waals surface area contributed by atoms with Crippen molar-refractivity contribution in [1.29, 1.82) is 0 Å². The molecule has 1 aliphatic rings. The van der Waals surface area contributed by atoms with Crippen molar-refractivity contribution in [2.75, 3.05) is 39.1 Å². The molecule has 5 nitrogen and oxygen atoms in total. The molecule has 0 saturated carbocycles. The molecule has 1 unspecified atom stereocenters. The van der Waals surface area contributed by atoms with Crippen molar-refractivity contribution in [3.8, 4) is 0 Å². The summed E-state index contributed by atoms with van der Waals surface area (Å²) in [7, 11) is -3.90. The molecule has 0 spiro atoms. The van der Waals surface area contributed by atoms with Crippen LogP contribution in [0.4, 0.5) is 0 Å². The third kappa shape index (κ3) is 4.17. The second-order valence-electron chi connectivity index (χ2n) is 6.99. The van der Waals surface area contributed by atoms with E-state index < -0.39 is 14.6 Å². The Bertz CT molecular complexity index is 907. The number of Topliss-reactive ketones (excluding diaryl/α,β-unsaturated/α-hetero) is 1. The van der Waals surface area contributed by atoms with Gasteiger partial charge in [0.05, 0.1) is 18.1 Å². The first-order valence-electron chi connectivity index (χ1n) is 9.17. The first-order valence-corrected chi connectivity index (χ1v) is 11.9. The van der Waals surface area contributed by atoms with Crippen LogP contribution in [0.1, 0.15) is 17.3 Å². The number of carbonyl (C=O) groups excluding carboxylic acids is 1. The van der Waals surface area contributed by atoms with E-state index >= 15 is 0 Å². The topological polar surface area (TPSA) is 63.7 Å². The van der Waals surface area contributed by atoms with Gasteiger partial charge in [0.25, 0.3) is 0 Å². The zero-order chi connectivity index (χ0) is 20.2. The first kappa shape index (κ1) is 21.0. The monoisotopic (exact) mass is 419 g/mol. The van der Waals surface area contributed by atoms with E-state index in [2.05, 4.69) is 0 Å². The fourth-order valence-electron chi connectivity index (χ4n) is 3.37. The summed E-state index contributed by atoms with van der Waals surface area (Å²) in [5.41, 5.74) is 0.410. The molecule has 7 heteroatoms. The minimum Gasteiger partial charge on any atom is -0.379 e. The Balaban J connectivity index is 2.03. The van der Waals surface area contributed by atoms with E-state index in [0.717, 1.165) is 4.90 Å². The summed E-state index contributed by atoms with van der Waals surface area (Å²) in [6.07, 6.45) is 1.96. The van der Waals surface area contributed by atoms with E-state index in [4.69, 9.17) is 4.74 Å². The lowest BCUT2D eigenvalue weighted by Gasteiger charge is -2.36. The fraction of sp³-hybridized carbons (Fsp3) is 0.381. The molecule has 1 saturated heterocycles. The van der Waals surface area contributed by atoms with Crippen molar-refractivity contribution >= 4 is 27.4 Å². The van der Waals surface area contributed by atoms with E-state index in [0.29, 0.717) is 31.9 Å². The highest BCUT2D eigenvalue weighted by Gasteiger charge is 2.48. The second kappa shape index (κ2) is 8.78. The van der Waals surface area contributed by atoms with Gasteiger partial charge in [0.1, 0.15) is 4.75 Å². The van der Waals surface area contributed by atoms with Gasteiger partial charge in [-0.2, -0.15) is 0 Å². The largest absolute Gasteiger partial charge is 0.379 e. The van der Waals surface area contributed by atoms with Crippen molar-refractivity contribution < 1.29 is 17.9 Å². The van der Waals surface area contributed by atoms with E-state index in [9.17, 15) is 13.2 Å². The number of ether oxygens (including phenoxy) is 1. The van der Waals surface area contributed by atoms with Crippen LogP contribution in [-0.4, -0.2) is 63.0 Å². The van der Waals surface area contributed by atoms with Crippen molar-refractivity contribution in [2.45, 2.75) is 21.5 Å². The number of sulfone groups is 1. The molecule has 3 rings (SSSR count). The molecule has 2 aromatic rings. The van der Waals surface area contributed by atoms with Crippen LogP contribution < -0.4 is 0 Å². The van der Waals surface area contributed by atoms with Gasteiger partial charge < -0.3 is 4.74 Å². The zero-order valence-electron chi connectivity index (χ0n) is 16.1. The van der Waals surface area contributed by atoms with E-state index in [1.807, 2.05) is 23.3 Å². The molecule has 0 radical (unpaired) electrons. The highest BCUT2D eigenvalue weighted by atomic mass is 32.2. The van der Waals surface area contributed by atoms with Crippen LogP contribution in [0.3, 0.4) is 0 Å². The summed E-state index contributed by atoms with van der Waals surface area (Å²) in [5, 5.41) is 0. The highest BCUT2D eigenvalue weighted by Crippen LogP contribution is 2.31. The maximum atomic E-state index is 13.6. The van der Waals surface area contributed by atoms with Crippen LogP contribution in [0.15, 0.2) is 64.4 Å². The molecule has 0 amide bonds. The predicted molar refractivity (Wildman–Crippen MR) is 112 cm³/mol. The van der Waals surface area contributed by atoms with Gasteiger partial charge in [0, 0.05) is 30.1 Å². The molecule has 0 aliphatic carbocycles. The lowest BCUT2D eigenvalue weighted by Crippen LogP contribution is -2.54. The maximum Gasteiger partial charge on any atom is 0.192 e. The molecule has 1 fully saturated rings. The highest BCUT2D eigenvalue weighted by molar-refractivity contribution is 7.98. The molecule has 1 atom stereocenters. The van der Waals surface area contributed by atoms with Gasteiger partial charge in [-0.05, 0) is 37.4 Å². The van der Waals surface area contributed by atoms with Gasteiger partial charge >= 0.3 is 0 Å². The van der Waals surface area contributed by atoms with Crippen molar-refractivity contribution in [2.24, 2.45) is 0 Å². The van der Waals surface area contributed by atoms with Gasteiger partial charge in [0.2, 0.25) is 0 Å². The summed E-state index contributed by atoms with van der Waals surface area (Å²) in [6, 6.07) is 15.4. The van der Waals surface area contributed by atoms with Crippen molar-refractivity contribution in [1.82, 2.24) is 4.90 Å². The standard InChI is InChI=1S/C21H25NO4S2/c1-21(16-22-12-14-26-15-13-22,28(24,25)19-6-4-3-5-7-19)20(23)17-8-10-18(27-2)11-9-17/h3-11H,12-16H2,1-2H3. The molecular weight excluding hydrogens is 394 g/mol. The van der Waals surface area contributed by atoms with Crippen LogP contribution >= 0.6 is 11.8 Å². The summed E-state index contributed by atoms with van der Waals surface area (Å²) in [5.74, 6) is -0.379. The quantitative estimate of drug-likeness (QED) is 0.507. The third-order valence-electron chi connectivity index (χ3n) is 5.11. The molecule has 28 heavy (non-hydrogen) atoms. The average Bonchev–Trinajstić information content (AvgIpc) is 2.74. The number of ketones is 1. The summed E-state index contributed by atoms with van der Waals surface area (Å²) < 4.78 is 31.0. The molecule has 1 heterocycles. The summed E-state index contributed by atoms with van der Waals surface area (Å²) in [6.45, 7) is 3.99. The Morgan fingerprint density at radius 2 is 1.68 bits per heavy atom. The Hall–Kier alpha value is -1.67. The fourth-order valence-corrected chi connectivity index (χ4v) is 5.53. The van der Waals surface area contributed by atoms with Crippen LogP contribution in [-0.2, 0) is 14.6 Å². The molecular formula is C21H25NO4S2. The first-order chi connectivity index (χ1) is 13.4. The Morgan fingerprint density at radius 1 is 1.07 bits per heavy atom. The summed E-state index contributed by atoms with van der Waals surface area (Å²) in [4.78, 5) is 16.7. The average molecular weight is 420 g/mol. The van der Waals surface area contributed by atoms with Crippen LogP contribution in [0.2, 0.25) is 0 Å². The number of thioether (sulfide) groups is 1. The molecule has 2 aromatic carbocycles. The Kier molecular flexibility index (Phi) is 6.60. The number of carbonyl (C=O) groups is 1. The Morgan fingerprint density at radius 3 is 2.25 bits per heavy atom. The maximum absolute atomic E-state index is 13.6. The molecule has 1 aliphatic heterocycles. The predicted octanol–water partition coefficient (Wildman–Crippen LogP) is 3.16. The van der Waals surface area contributed by atoms with E-state index in [1.54, 1.807) is 61.2 Å².